The van der Waals surface area contributed by atoms with Crippen molar-refractivity contribution in [3.8, 4) is 0 Å². The summed E-state index contributed by atoms with van der Waals surface area (Å²) in [5, 5.41) is 17.5. The van der Waals surface area contributed by atoms with E-state index in [4.69, 9.17) is 10.2 Å². The fourth-order valence-electron chi connectivity index (χ4n) is 1.53. The van der Waals surface area contributed by atoms with Crippen molar-refractivity contribution in [2.45, 2.75) is 31.3 Å². The zero-order chi connectivity index (χ0) is 14.6. The molecule has 7 heteroatoms. The van der Waals surface area contributed by atoms with Crippen molar-refractivity contribution in [1.29, 1.82) is 0 Å². The van der Waals surface area contributed by atoms with Gasteiger partial charge in [-0.25, -0.2) is 17.9 Å². The van der Waals surface area contributed by atoms with E-state index in [2.05, 4.69) is 4.72 Å². The van der Waals surface area contributed by atoms with Crippen LogP contribution in [0.4, 0.5) is 0 Å². The van der Waals surface area contributed by atoms with E-state index in [1.807, 2.05) is 6.07 Å². The van der Waals surface area contributed by atoms with Crippen molar-refractivity contribution in [3.05, 3.63) is 29.3 Å². The number of benzene rings is 1. The van der Waals surface area contributed by atoms with Gasteiger partial charge in [-0.2, -0.15) is 0 Å². The zero-order valence-corrected chi connectivity index (χ0v) is 11.6. The molecule has 0 heterocycles. The highest BCUT2D eigenvalue weighted by Crippen LogP contribution is 2.16. The van der Waals surface area contributed by atoms with Crippen LogP contribution in [0.3, 0.4) is 0 Å². The van der Waals surface area contributed by atoms with Crippen molar-refractivity contribution in [2.24, 2.45) is 0 Å². The van der Waals surface area contributed by atoms with Crippen LogP contribution < -0.4 is 4.72 Å². The highest BCUT2D eigenvalue weighted by Gasteiger charge is 2.18. The number of hydrogen-bond acceptors (Lipinski definition) is 4. The van der Waals surface area contributed by atoms with Crippen molar-refractivity contribution in [2.75, 3.05) is 6.54 Å². The summed E-state index contributed by atoms with van der Waals surface area (Å²) in [5.74, 6) is -1.37. The van der Waals surface area contributed by atoms with E-state index < -0.39 is 22.1 Å². The molecule has 0 aromatic heterocycles. The van der Waals surface area contributed by atoms with Crippen LogP contribution in [0.5, 0.6) is 0 Å². The first kappa shape index (κ1) is 15.6. The van der Waals surface area contributed by atoms with E-state index in [1.165, 1.54) is 0 Å². The summed E-state index contributed by atoms with van der Waals surface area (Å²) in [6.07, 6.45) is -1.75. The first-order valence-corrected chi connectivity index (χ1v) is 7.20. The molecule has 6 nitrogen and oxygen atoms in total. The number of sulfonamides is 1. The lowest BCUT2D eigenvalue weighted by Gasteiger charge is -2.11. The third-order valence-electron chi connectivity index (χ3n) is 2.63. The number of rotatable bonds is 6. The van der Waals surface area contributed by atoms with Gasteiger partial charge in [0.1, 0.15) is 0 Å². The molecule has 19 heavy (non-hydrogen) atoms. The van der Waals surface area contributed by atoms with E-state index in [1.54, 1.807) is 26.0 Å². The summed E-state index contributed by atoms with van der Waals surface area (Å²) in [6, 6.07) is 5.06. The molecule has 0 saturated carbocycles. The molecule has 1 rings (SSSR count). The summed E-state index contributed by atoms with van der Waals surface area (Å²) < 4.78 is 26.3. The Morgan fingerprint density at radius 1 is 1.37 bits per heavy atom. The van der Waals surface area contributed by atoms with Gasteiger partial charge in [-0.15, -0.1) is 0 Å². The van der Waals surface area contributed by atoms with Crippen molar-refractivity contribution >= 4 is 16.0 Å². The molecular weight excluding hydrogens is 270 g/mol. The fourth-order valence-corrected chi connectivity index (χ4v) is 2.90. The monoisotopic (exact) mass is 287 g/mol. The zero-order valence-electron chi connectivity index (χ0n) is 10.8. The minimum Gasteiger partial charge on any atom is -0.479 e. The largest absolute Gasteiger partial charge is 0.479 e. The predicted molar refractivity (Wildman–Crippen MR) is 69.4 cm³/mol. The predicted octanol–water partition coefficient (Wildman–Crippen LogP) is 0.417. The highest BCUT2D eigenvalue weighted by atomic mass is 32.2. The fraction of sp³-hybridized carbons (Fsp3) is 0.417. The Labute approximate surface area is 112 Å². The summed E-state index contributed by atoms with van der Waals surface area (Å²) in [7, 11) is -3.69. The number of aliphatic hydroxyl groups excluding tert-OH is 1. The number of carboxylic acid groups (broad SMARTS) is 1. The number of carboxylic acids is 1. The molecule has 0 saturated heterocycles. The topological polar surface area (TPSA) is 104 Å². The molecule has 0 aliphatic heterocycles. The van der Waals surface area contributed by atoms with Gasteiger partial charge < -0.3 is 10.2 Å². The van der Waals surface area contributed by atoms with E-state index in [0.717, 1.165) is 5.56 Å². The standard InChI is InChI=1S/C12H17NO5S/c1-8-3-4-9(2)11(7-8)19(17,18)13-6-5-10(14)12(15)16/h3-4,7,10,13-14H,5-6H2,1-2H3,(H,15,16). The molecule has 106 valence electrons. The second-order valence-electron chi connectivity index (χ2n) is 4.31. The third-order valence-corrected chi connectivity index (χ3v) is 4.23. The number of carbonyl (C=O) groups is 1. The molecule has 1 aromatic rings. The van der Waals surface area contributed by atoms with Gasteiger partial charge >= 0.3 is 5.97 Å². The maximum Gasteiger partial charge on any atom is 0.332 e. The van der Waals surface area contributed by atoms with Gasteiger partial charge in [0, 0.05) is 6.54 Å². The van der Waals surface area contributed by atoms with Gasteiger partial charge in [0.15, 0.2) is 6.10 Å². The van der Waals surface area contributed by atoms with E-state index in [-0.39, 0.29) is 17.9 Å². The van der Waals surface area contributed by atoms with Gasteiger partial charge in [-0.05, 0) is 37.5 Å². The van der Waals surface area contributed by atoms with Crippen LogP contribution in [0.25, 0.3) is 0 Å². The summed E-state index contributed by atoms with van der Waals surface area (Å²) >= 11 is 0. The molecule has 0 fully saturated rings. The van der Waals surface area contributed by atoms with Gasteiger partial charge in [0.05, 0.1) is 4.90 Å². The molecule has 0 aliphatic carbocycles. The van der Waals surface area contributed by atoms with Crippen molar-refractivity contribution in [3.63, 3.8) is 0 Å². The molecule has 0 bridgehead atoms. The maximum atomic E-state index is 12.0. The Hall–Kier alpha value is -1.44. The quantitative estimate of drug-likeness (QED) is 0.703. The van der Waals surface area contributed by atoms with Gasteiger partial charge in [0.25, 0.3) is 0 Å². The number of aryl methyl sites for hydroxylation is 2. The Bertz CT molecular complexity index is 567. The normalized spacial score (nSPS) is 13.2. The summed E-state index contributed by atoms with van der Waals surface area (Å²) in [6.45, 7) is 3.33. The number of hydrogen-bond donors (Lipinski definition) is 3. The van der Waals surface area contributed by atoms with E-state index in [9.17, 15) is 13.2 Å². The Balaban J connectivity index is 2.76. The summed E-state index contributed by atoms with van der Waals surface area (Å²) in [5.41, 5.74) is 1.42. The summed E-state index contributed by atoms with van der Waals surface area (Å²) in [4.78, 5) is 10.6. The molecule has 0 radical (unpaired) electrons. The number of aliphatic carboxylic acids is 1. The molecule has 0 aliphatic rings. The van der Waals surface area contributed by atoms with Crippen LogP contribution in [-0.2, 0) is 14.8 Å². The van der Waals surface area contributed by atoms with E-state index >= 15 is 0 Å². The second-order valence-corrected chi connectivity index (χ2v) is 6.04. The van der Waals surface area contributed by atoms with Crippen LogP contribution in [0.1, 0.15) is 17.5 Å². The highest BCUT2D eigenvalue weighted by molar-refractivity contribution is 7.89. The molecule has 1 atom stereocenters. The average molecular weight is 287 g/mol. The SMILES string of the molecule is Cc1ccc(C)c(S(=O)(=O)NCCC(O)C(=O)O)c1. The lowest BCUT2D eigenvalue weighted by atomic mass is 10.2. The molecule has 0 spiro atoms. The van der Waals surface area contributed by atoms with Crippen molar-refractivity contribution < 1.29 is 23.4 Å². The second kappa shape index (κ2) is 6.14. The van der Waals surface area contributed by atoms with Gasteiger partial charge in [-0.1, -0.05) is 12.1 Å². The van der Waals surface area contributed by atoms with Crippen LogP contribution in [-0.4, -0.2) is 37.2 Å². The van der Waals surface area contributed by atoms with Gasteiger partial charge in [0.2, 0.25) is 10.0 Å². The average Bonchev–Trinajstić information content (AvgIpc) is 2.31. The Kier molecular flexibility index (Phi) is 5.04. The van der Waals surface area contributed by atoms with Crippen LogP contribution in [0, 0.1) is 13.8 Å². The van der Waals surface area contributed by atoms with Gasteiger partial charge in [-0.3, -0.25) is 0 Å². The first-order valence-electron chi connectivity index (χ1n) is 5.72. The number of nitrogens with one attached hydrogen (secondary N) is 1. The number of aliphatic hydroxyl groups is 1. The van der Waals surface area contributed by atoms with E-state index in [0.29, 0.717) is 5.56 Å². The lowest BCUT2D eigenvalue weighted by Crippen LogP contribution is -2.30. The molecular formula is C12H17NO5S. The smallest absolute Gasteiger partial charge is 0.332 e. The molecule has 1 aromatic carbocycles. The molecule has 1 unspecified atom stereocenters. The Morgan fingerprint density at radius 2 is 2.00 bits per heavy atom. The molecule has 0 amide bonds. The minimum atomic E-state index is -3.69. The maximum absolute atomic E-state index is 12.0. The van der Waals surface area contributed by atoms with Crippen LogP contribution >= 0.6 is 0 Å². The first-order chi connectivity index (χ1) is 8.74. The lowest BCUT2D eigenvalue weighted by molar-refractivity contribution is -0.146. The Morgan fingerprint density at radius 3 is 2.58 bits per heavy atom. The molecule has 3 N–H and O–H groups in total. The van der Waals surface area contributed by atoms with Crippen LogP contribution in [0.2, 0.25) is 0 Å². The third kappa shape index (κ3) is 4.30. The minimum absolute atomic E-state index is 0.136. The van der Waals surface area contributed by atoms with Crippen LogP contribution in [0.15, 0.2) is 23.1 Å². The van der Waals surface area contributed by atoms with Crippen molar-refractivity contribution in [1.82, 2.24) is 4.72 Å².